The van der Waals surface area contributed by atoms with Gasteiger partial charge in [0.2, 0.25) is 5.91 Å². The van der Waals surface area contributed by atoms with Gasteiger partial charge in [-0.25, -0.2) is 0 Å². The van der Waals surface area contributed by atoms with Crippen molar-refractivity contribution in [2.24, 2.45) is 0 Å². The van der Waals surface area contributed by atoms with E-state index < -0.39 is 24.4 Å². The maximum atomic E-state index is 13.4. The van der Waals surface area contributed by atoms with Crippen molar-refractivity contribution in [2.75, 3.05) is 19.6 Å². The summed E-state index contributed by atoms with van der Waals surface area (Å²) in [5, 5.41) is 3.17. The molecule has 0 aliphatic carbocycles. The van der Waals surface area contributed by atoms with Crippen molar-refractivity contribution in [3.05, 3.63) is 35.9 Å². The molecule has 3 nitrogen and oxygen atoms in total. The monoisotopic (exact) mass is 328 g/mol. The van der Waals surface area contributed by atoms with E-state index in [1.54, 1.807) is 23.1 Å². The summed E-state index contributed by atoms with van der Waals surface area (Å²) < 4.78 is 40.2. The molecule has 1 heterocycles. The van der Waals surface area contributed by atoms with Crippen LogP contribution in [0.15, 0.2) is 30.3 Å². The lowest BCUT2D eigenvalue weighted by Gasteiger charge is -2.30. The molecule has 1 aliphatic heterocycles. The Morgan fingerprint density at radius 3 is 2.57 bits per heavy atom. The summed E-state index contributed by atoms with van der Waals surface area (Å²) in [7, 11) is 0. The summed E-state index contributed by atoms with van der Waals surface area (Å²) in [6.07, 6.45) is -3.41. The summed E-state index contributed by atoms with van der Waals surface area (Å²) in [5.41, 5.74) is 0.148. The molecule has 1 saturated heterocycles. The third-order valence-corrected chi connectivity index (χ3v) is 4.24. The van der Waals surface area contributed by atoms with E-state index >= 15 is 0 Å². The molecule has 1 N–H and O–H groups in total. The molecule has 1 aliphatic rings. The predicted molar refractivity (Wildman–Crippen MR) is 83.1 cm³/mol. The topological polar surface area (TPSA) is 32.3 Å². The molecule has 0 saturated carbocycles. The average molecular weight is 328 g/mol. The Kier molecular flexibility index (Phi) is 6.04. The highest BCUT2D eigenvalue weighted by Crippen LogP contribution is 2.38. The Bertz CT molecular complexity index is 498. The third-order valence-electron chi connectivity index (χ3n) is 4.24. The summed E-state index contributed by atoms with van der Waals surface area (Å²) in [6, 6.07) is 7.70. The number of carbonyl (C=O) groups excluding carboxylic acids is 1. The molecule has 2 unspecified atom stereocenters. The van der Waals surface area contributed by atoms with E-state index in [4.69, 9.17) is 0 Å². The largest absolute Gasteiger partial charge is 0.396 e. The maximum Gasteiger partial charge on any atom is 0.396 e. The Hall–Kier alpha value is -1.56. The van der Waals surface area contributed by atoms with E-state index in [1.807, 2.05) is 6.92 Å². The quantitative estimate of drug-likeness (QED) is 0.869. The first-order valence-corrected chi connectivity index (χ1v) is 8.05. The van der Waals surface area contributed by atoms with Gasteiger partial charge < -0.3 is 10.2 Å². The van der Waals surface area contributed by atoms with Crippen molar-refractivity contribution in [3.63, 3.8) is 0 Å². The fraction of sp³-hybridized carbons (Fsp3) is 0.588. The summed E-state index contributed by atoms with van der Waals surface area (Å²) in [4.78, 5) is 14.2. The molecular weight excluding hydrogens is 305 g/mol. The molecule has 0 aromatic heterocycles. The van der Waals surface area contributed by atoms with E-state index in [0.29, 0.717) is 13.1 Å². The van der Waals surface area contributed by atoms with Crippen LogP contribution in [-0.4, -0.2) is 42.7 Å². The molecule has 0 spiro atoms. The van der Waals surface area contributed by atoms with E-state index in [0.717, 1.165) is 19.4 Å². The zero-order valence-electron chi connectivity index (χ0n) is 13.3. The second kappa shape index (κ2) is 7.81. The average Bonchev–Trinajstić information content (AvgIpc) is 3.03. The smallest absolute Gasteiger partial charge is 0.338 e. The van der Waals surface area contributed by atoms with E-state index in [1.165, 1.54) is 12.1 Å². The number of nitrogens with one attached hydrogen (secondary N) is 1. The lowest BCUT2D eigenvalue weighted by molar-refractivity contribution is -0.161. The van der Waals surface area contributed by atoms with Crippen LogP contribution >= 0.6 is 0 Å². The maximum absolute atomic E-state index is 13.4. The van der Waals surface area contributed by atoms with Gasteiger partial charge in [-0.1, -0.05) is 37.3 Å². The van der Waals surface area contributed by atoms with Gasteiger partial charge in [0.25, 0.3) is 0 Å². The fourth-order valence-electron chi connectivity index (χ4n) is 3.06. The van der Waals surface area contributed by atoms with Crippen LogP contribution in [0.1, 0.15) is 37.7 Å². The van der Waals surface area contributed by atoms with Gasteiger partial charge >= 0.3 is 6.18 Å². The highest BCUT2D eigenvalue weighted by molar-refractivity contribution is 5.77. The van der Waals surface area contributed by atoms with Gasteiger partial charge in [0.05, 0.1) is 5.92 Å². The molecular formula is C17H23F3N2O. The number of hydrogen-bond acceptors (Lipinski definition) is 2. The van der Waals surface area contributed by atoms with Crippen molar-refractivity contribution >= 4 is 5.91 Å². The van der Waals surface area contributed by atoms with Crippen LogP contribution < -0.4 is 5.32 Å². The number of alkyl halides is 3. The highest BCUT2D eigenvalue weighted by atomic mass is 19.4. The van der Waals surface area contributed by atoms with Crippen molar-refractivity contribution in [1.82, 2.24) is 10.2 Å². The van der Waals surface area contributed by atoms with Crippen molar-refractivity contribution < 1.29 is 18.0 Å². The summed E-state index contributed by atoms with van der Waals surface area (Å²) in [6.45, 7) is 3.90. The van der Waals surface area contributed by atoms with Crippen LogP contribution in [0, 0.1) is 0 Å². The number of benzene rings is 1. The van der Waals surface area contributed by atoms with Gasteiger partial charge in [-0.2, -0.15) is 13.2 Å². The summed E-state index contributed by atoms with van der Waals surface area (Å²) in [5.74, 6) is -2.16. The van der Waals surface area contributed by atoms with Gasteiger partial charge in [0.15, 0.2) is 0 Å². The molecule has 0 radical (unpaired) electrons. The van der Waals surface area contributed by atoms with Crippen LogP contribution in [0.2, 0.25) is 0 Å². The number of carbonyl (C=O) groups is 1. The molecule has 6 heteroatoms. The van der Waals surface area contributed by atoms with Gasteiger partial charge in [-0.3, -0.25) is 4.79 Å². The molecule has 1 aromatic rings. The Labute approximate surface area is 134 Å². The predicted octanol–water partition coefficient (Wildman–Crippen LogP) is 3.32. The zero-order valence-corrected chi connectivity index (χ0v) is 13.3. The lowest BCUT2D eigenvalue weighted by Crippen LogP contribution is -2.43. The molecule has 2 atom stereocenters. The van der Waals surface area contributed by atoms with E-state index in [2.05, 4.69) is 5.32 Å². The first kappa shape index (κ1) is 17.8. The minimum absolute atomic E-state index is 0.00658. The molecule has 23 heavy (non-hydrogen) atoms. The van der Waals surface area contributed by atoms with Crippen molar-refractivity contribution in [3.8, 4) is 0 Å². The highest BCUT2D eigenvalue weighted by Gasteiger charge is 2.43. The van der Waals surface area contributed by atoms with Gasteiger partial charge in [-0.15, -0.1) is 0 Å². The zero-order chi connectivity index (χ0) is 16.9. The van der Waals surface area contributed by atoms with Crippen LogP contribution in [0.4, 0.5) is 13.2 Å². The minimum Gasteiger partial charge on any atom is -0.338 e. The molecule has 2 rings (SSSR count). The second-order valence-corrected chi connectivity index (χ2v) is 5.94. The van der Waals surface area contributed by atoms with Gasteiger partial charge in [0.1, 0.15) is 0 Å². The number of hydrogen-bond donors (Lipinski definition) is 1. The second-order valence-electron chi connectivity index (χ2n) is 5.94. The summed E-state index contributed by atoms with van der Waals surface area (Å²) >= 11 is 0. The Morgan fingerprint density at radius 2 is 2.04 bits per heavy atom. The molecule has 1 aromatic carbocycles. The Balaban J connectivity index is 2.15. The van der Waals surface area contributed by atoms with Crippen LogP contribution in [0.3, 0.4) is 0 Å². The number of amides is 1. The van der Waals surface area contributed by atoms with Crippen LogP contribution in [0.5, 0.6) is 0 Å². The fourth-order valence-corrected chi connectivity index (χ4v) is 3.06. The third kappa shape index (κ3) is 4.70. The SMILES string of the molecule is CCCN(C(=O)CC(c1ccccc1)C(F)(F)F)C1CCNC1. The van der Waals surface area contributed by atoms with Gasteiger partial charge in [0, 0.05) is 25.6 Å². The van der Waals surface area contributed by atoms with Crippen molar-refractivity contribution in [2.45, 2.75) is 44.3 Å². The number of nitrogens with zero attached hydrogens (tertiary/aromatic N) is 1. The molecule has 0 bridgehead atoms. The van der Waals surface area contributed by atoms with E-state index in [9.17, 15) is 18.0 Å². The lowest BCUT2D eigenvalue weighted by atomic mass is 9.94. The first-order chi connectivity index (χ1) is 10.9. The first-order valence-electron chi connectivity index (χ1n) is 8.05. The van der Waals surface area contributed by atoms with Crippen molar-refractivity contribution in [1.29, 1.82) is 0 Å². The molecule has 1 fully saturated rings. The van der Waals surface area contributed by atoms with E-state index in [-0.39, 0.29) is 11.6 Å². The minimum atomic E-state index is -4.43. The molecule has 1 amide bonds. The number of rotatable bonds is 6. The van der Waals surface area contributed by atoms with Crippen LogP contribution in [-0.2, 0) is 4.79 Å². The van der Waals surface area contributed by atoms with Crippen LogP contribution in [0.25, 0.3) is 0 Å². The standard InChI is InChI=1S/C17H23F3N2O/c1-2-10-22(14-8-9-21-12-14)16(23)11-15(17(18,19)20)13-6-4-3-5-7-13/h3-7,14-15,21H,2,8-12H2,1H3. The Morgan fingerprint density at radius 1 is 1.35 bits per heavy atom. The van der Waals surface area contributed by atoms with Gasteiger partial charge in [-0.05, 0) is 24.9 Å². The normalized spacial score (nSPS) is 19.6. The number of halogens is 3. The molecule has 128 valence electrons.